The number of halogens is 2. The van der Waals surface area contributed by atoms with Gasteiger partial charge in [0, 0.05) is 29.1 Å². The van der Waals surface area contributed by atoms with E-state index in [1.165, 1.54) is 13.1 Å². The van der Waals surface area contributed by atoms with Gasteiger partial charge in [-0.3, -0.25) is 4.79 Å². The minimum Gasteiger partial charge on any atom is -0.342 e. The van der Waals surface area contributed by atoms with Crippen LogP contribution in [-0.4, -0.2) is 50.2 Å². The zero-order valence-corrected chi connectivity index (χ0v) is 15.5. The summed E-state index contributed by atoms with van der Waals surface area (Å²) in [5.74, 6) is -0.146. The summed E-state index contributed by atoms with van der Waals surface area (Å²) in [5.41, 5.74) is 0. The molecular weight excluding hydrogens is 424 g/mol. The molecule has 0 aromatic heterocycles. The standard InChI is InChI=1S/C13H16Br2N2O3S/c1-16(9-13(18)17-6-2-3-7-17)21(19,20)12-5-4-10(14)8-11(12)15/h4-5,8H,2-3,6-7,9H2,1H3. The van der Waals surface area contributed by atoms with Crippen molar-refractivity contribution in [1.82, 2.24) is 9.21 Å². The Labute approximate surface area is 141 Å². The molecule has 21 heavy (non-hydrogen) atoms. The van der Waals surface area contributed by atoms with E-state index in [4.69, 9.17) is 0 Å². The van der Waals surface area contributed by atoms with E-state index >= 15 is 0 Å². The first kappa shape index (κ1) is 16.9. The molecule has 1 amide bonds. The molecule has 2 rings (SSSR count). The van der Waals surface area contributed by atoms with Crippen LogP contribution in [-0.2, 0) is 14.8 Å². The average molecular weight is 440 g/mol. The van der Waals surface area contributed by atoms with Gasteiger partial charge in [0.05, 0.1) is 11.4 Å². The van der Waals surface area contributed by atoms with Crippen molar-refractivity contribution < 1.29 is 13.2 Å². The molecule has 0 unspecified atom stereocenters. The van der Waals surface area contributed by atoms with Gasteiger partial charge >= 0.3 is 0 Å². The summed E-state index contributed by atoms with van der Waals surface area (Å²) in [5, 5.41) is 0. The Bertz CT molecular complexity index is 643. The highest BCUT2D eigenvalue weighted by Gasteiger charge is 2.27. The van der Waals surface area contributed by atoms with E-state index in [2.05, 4.69) is 31.9 Å². The second-order valence-electron chi connectivity index (χ2n) is 4.92. The Balaban J connectivity index is 2.16. The first-order valence-electron chi connectivity index (χ1n) is 6.51. The second-order valence-corrected chi connectivity index (χ2v) is 8.71. The maximum atomic E-state index is 12.5. The van der Waals surface area contributed by atoms with Crippen molar-refractivity contribution in [1.29, 1.82) is 0 Å². The number of likely N-dealkylation sites (N-methyl/N-ethyl adjacent to an activating group) is 1. The predicted molar refractivity (Wildman–Crippen MR) is 87.5 cm³/mol. The highest BCUT2D eigenvalue weighted by Crippen LogP contribution is 2.27. The first-order valence-corrected chi connectivity index (χ1v) is 9.54. The molecule has 0 spiro atoms. The van der Waals surface area contributed by atoms with Gasteiger partial charge in [0.1, 0.15) is 0 Å². The molecule has 1 aliphatic rings. The number of benzene rings is 1. The summed E-state index contributed by atoms with van der Waals surface area (Å²) in [6.07, 6.45) is 1.97. The SMILES string of the molecule is CN(CC(=O)N1CCCC1)S(=O)(=O)c1ccc(Br)cc1Br. The Hall–Kier alpha value is -0.440. The molecule has 5 nitrogen and oxygen atoms in total. The Morgan fingerprint density at radius 3 is 2.48 bits per heavy atom. The van der Waals surface area contributed by atoms with Crippen molar-refractivity contribution in [3.05, 3.63) is 27.1 Å². The number of likely N-dealkylation sites (tertiary alicyclic amines) is 1. The molecule has 1 aliphatic heterocycles. The number of carbonyl (C=O) groups is 1. The fourth-order valence-corrected chi connectivity index (χ4v) is 5.02. The average Bonchev–Trinajstić information content (AvgIpc) is 2.91. The highest BCUT2D eigenvalue weighted by molar-refractivity contribution is 9.11. The van der Waals surface area contributed by atoms with Crippen LogP contribution < -0.4 is 0 Å². The van der Waals surface area contributed by atoms with E-state index in [0.717, 1.165) is 21.6 Å². The fraction of sp³-hybridized carbons (Fsp3) is 0.462. The lowest BCUT2D eigenvalue weighted by Gasteiger charge is -2.21. The number of hydrogen-bond donors (Lipinski definition) is 0. The summed E-state index contributed by atoms with van der Waals surface area (Å²) >= 11 is 6.54. The van der Waals surface area contributed by atoms with E-state index < -0.39 is 10.0 Å². The van der Waals surface area contributed by atoms with Crippen molar-refractivity contribution in [2.24, 2.45) is 0 Å². The van der Waals surface area contributed by atoms with Crippen molar-refractivity contribution in [3.8, 4) is 0 Å². The third-order valence-electron chi connectivity index (χ3n) is 3.40. The molecule has 116 valence electrons. The molecule has 0 atom stereocenters. The molecule has 1 heterocycles. The Morgan fingerprint density at radius 1 is 1.29 bits per heavy atom. The molecule has 1 saturated heterocycles. The van der Waals surface area contributed by atoms with Crippen molar-refractivity contribution in [2.75, 3.05) is 26.7 Å². The van der Waals surface area contributed by atoms with Crippen LogP contribution in [0.25, 0.3) is 0 Å². The molecule has 0 aliphatic carbocycles. The monoisotopic (exact) mass is 438 g/mol. The van der Waals surface area contributed by atoms with Crippen molar-refractivity contribution in [3.63, 3.8) is 0 Å². The number of carbonyl (C=O) groups excluding carboxylic acids is 1. The van der Waals surface area contributed by atoms with E-state index in [1.54, 1.807) is 17.0 Å². The lowest BCUT2D eigenvalue weighted by molar-refractivity contribution is -0.130. The molecule has 0 bridgehead atoms. The molecular formula is C13H16Br2N2O3S. The molecule has 0 N–H and O–H groups in total. The van der Waals surface area contributed by atoms with Gasteiger partial charge < -0.3 is 4.90 Å². The first-order chi connectivity index (χ1) is 9.82. The number of hydrogen-bond acceptors (Lipinski definition) is 3. The Kier molecular flexibility index (Phi) is 5.45. The van der Waals surface area contributed by atoms with E-state index in [-0.39, 0.29) is 17.3 Å². The van der Waals surface area contributed by atoms with Crippen LogP contribution in [0.4, 0.5) is 0 Å². The van der Waals surface area contributed by atoms with Crippen LogP contribution in [0.15, 0.2) is 32.0 Å². The van der Waals surface area contributed by atoms with Crippen LogP contribution in [0, 0.1) is 0 Å². The lowest BCUT2D eigenvalue weighted by atomic mass is 10.4. The number of amides is 1. The summed E-state index contributed by atoms with van der Waals surface area (Å²) in [6.45, 7) is 1.30. The third kappa shape index (κ3) is 3.85. The zero-order valence-electron chi connectivity index (χ0n) is 11.6. The predicted octanol–water partition coefficient (Wildman–Crippen LogP) is 2.45. The quantitative estimate of drug-likeness (QED) is 0.723. The van der Waals surface area contributed by atoms with Crippen LogP contribution in [0.5, 0.6) is 0 Å². The maximum absolute atomic E-state index is 12.5. The van der Waals surface area contributed by atoms with Crippen LogP contribution >= 0.6 is 31.9 Å². The number of nitrogens with zero attached hydrogens (tertiary/aromatic N) is 2. The van der Waals surface area contributed by atoms with Crippen molar-refractivity contribution in [2.45, 2.75) is 17.7 Å². The number of sulfonamides is 1. The molecule has 0 saturated carbocycles. The van der Waals surface area contributed by atoms with E-state index in [9.17, 15) is 13.2 Å². The normalized spacial score (nSPS) is 15.7. The summed E-state index contributed by atoms with van der Waals surface area (Å²) < 4.78 is 27.4. The molecule has 1 aromatic rings. The maximum Gasteiger partial charge on any atom is 0.244 e. The molecule has 0 radical (unpaired) electrons. The Morgan fingerprint density at radius 2 is 1.90 bits per heavy atom. The third-order valence-corrected chi connectivity index (χ3v) is 6.67. The van der Waals surface area contributed by atoms with Gasteiger partial charge in [-0.1, -0.05) is 15.9 Å². The van der Waals surface area contributed by atoms with Gasteiger partial charge in [-0.2, -0.15) is 4.31 Å². The molecule has 1 aromatic carbocycles. The summed E-state index contributed by atoms with van der Waals surface area (Å²) in [7, 11) is -2.26. The van der Waals surface area contributed by atoms with Gasteiger partial charge in [0.15, 0.2) is 0 Å². The van der Waals surface area contributed by atoms with Crippen molar-refractivity contribution >= 4 is 47.8 Å². The van der Waals surface area contributed by atoms with Gasteiger partial charge in [0.2, 0.25) is 15.9 Å². The van der Waals surface area contributed by atoms with Crippen LogP contribution in [0.1, 0.15) is 12.8 Å². The molecule has 1 fully saturated rings. The zero-order chi connectivity index (χ0) is 15.6. The largest absolute Gasteiger partial charge is 0.342 e. The van der Waals surface area contributed by atoms with Crippen LogP contribution in [0.3, 0.4) is 0 Å². The minimum absolute atomic E-state index is 0.134. The summed E-state index contributed by atoms with van der Waals surface area (Å²) in [4.78, 5) is 13.9. The van der Waals surface area contributed by atoms with E-state index in [0.29, 0.717) is 17.6 Å². The van der Waals surface area contributed by atoms with Gasteiger partial charge in [-0.25, -0.2) is 8.42 Å². The van der Waals surface area contributed by atoms with Crippen LogP contribution in [0.2, 0.25) is 0 Å². The van der Waals surface area contributed by atoms with Gasteiger partial charge in [0.25, 0.3) is 0 Å². The van der Waals surface area contributed by atoms with E-state index in [1.807, 2.05) is 0 Å². The topological polar surface area (TPSA) is 57.7 Å². The minimum atomic E-state index is -3.69. The van der Waals surface area contributed by atoms with Gasteiger partial charge in [-0.05, 0) is 47.0 Å². The molecule has 8 heteroatoms. The van der Waals surface area contributed by atoms with Gasteiger partial charge in [-0.15, -0.1) is 0 Å². The fourth-order valence-electron chi connectivity index (χ4n) is 2.19. The summed E-state index contributed by atoms with van der Waals surface area (Å²) in [6, 6.07) is 4.84. The highest BCUT2D eigenvalue weighted by atomic mass is 79.9. The second kappa shape index (κ2) is 6.76. The number of rotatable bonds is 4. The lowest BCUT2D eigenvalue weighted by Crippen LogP contribution is -2.39. The smallest absolute Gasteiger partial charge is 0.244 e.